The van der Waals surface area contributed by atoms with Crippen molar-refractivity contribution in [2.45, 2.75) is 10.8 Å². The highest BCUT2D eigenvalue weighted by atomic mass is 15.1. The molecule has 1 aliphatic heterocycles. The maximum Gasteiger partial charge on any atom is 0.0754 e. The van der Waals surface area contributed by atoms with Crippen molar-refractivity contribution in [2.24, 2.45) is 0 Å². The Morgan fingerprint density at radius 2 is 0.744 bits per heavy atom. The molecule has 1 unspecified atom stereocenters. The van der Waals surface area contributed by atoms with Gasteiger partial charge in [-0.15, -0.1) is 0 Å². The minimum absolute atomic E-state index is 0.529. The lowest BCUT2D eigenvalue weighted by Crippen LogP contribution is -2.33. The van der Waals surface area contributed by atoms with Gasteiger partial charge in [0.15, 0.2) is 0 Å². The first-order valence-electron chi connectivity index (χ1n) is 30.0. The second kappa shape index (κ2) is 18.7. The Morgan fingerprint density at radius 1 is 0.256 bits per heavy atom. The number of aromatic nitrogens is 1. The smallest absolute Gasteiger partial charge is 0.0754 e. The first-order valence-corrected chi connectivity index (χ1v) is 30.0. The lowest BCUT2D eigenvalue weighted by atomic mass is 9.65. The number of hydrogen-bond donors (Lipinski definition) is 0. The van der Waals surface area contributed by atoms with Crippen LogP contribution in [0.3, 0.4) is 0 Å². The molecule has 0 radical (unpaired) electrons. The summed E-state index contributed by atoms with van der Waals surface area (Å²) in [6.07, 6.45) is 0. The number of fused-ring (bicyclic) bond motifs is 16. The summed E-state index contributed by atoms with van der Waals surface area (Å²) in [6, 6.07) is 123. The highest BCUT2D eigenvalue weighted by molar-refractivity contribution is 6.13. The van der Waals surface area contributed by atoms with E-state index < -0.39 is 10.8 Å². The van der Waals surface area contributed by atoms with Crippen LogP contribution in [0.15, 0.2) is 328 Å². The number of para-hydroxylation sites is 4. The monoisotopic (exact) mass is 1090 g/mol. The van der Waals surface area contributed by atoms with E-state index >= 15 is 0 Å². The molecule has 2 aliphatic carbocycles. The molecule has 2 heteroatoms. The van der Waals surface area contributed by atoms with E-state index in [0.717, 1.165) is 28.2 Å². The van der Waals surface area contributed by atoms with Gasteiger partial charge in [-0.2, -0.15) is 0 Å². The van der Waals surface area contributed by atoms with Gasteiger partial charge in [0.2, 0.25) is 0 Å². The maximum absolute atomic E-state index is 2.53. The van der Waals surface area contributed by atoms with Gasteiger partial charge in [-0.1, -0.05) is 267 Å². The van der Waals surface area contributed by atoms with Gasteiger partial charge in [0, 0.05) is 27.7 Å². The molecule has 86 heavy (non-hydrogen) atoms. The Bertz CT molecular complexity index is 5210. The van der Waals surface area contributed by atoms with Gasteiger partial charge in [0.1, 0.15) is 0 Å². The van der Waals surface area contributed by atoms with Gasteiger partial charge in [0.25, 0.3) is 0 Å². The fourth-order valence-electron chi connectivity index (χ4n) is 15.7. The van der Waals surface area contributed by atoms with Crippen LogP contribution in [-0.2, 0) is 10.8 Å². The van der Waals surface area contributed by atoms with Crippen LogP contribution in [0, 0.1) is 0 Å². The zero-order chi connectivity index (χ0) is 56.5. The molecule has 1 atom stereocenters. The molecule has 14 aromatic carbocycles. The van der Waals surface area contributed by atoms with Gasteiger partial charge in [-0.25, -0.2) is 0 Å². The largest absolute Gasteiger partial charge is 0.310 e. The van der Waals surface area contributed by atoms with Crippen molar-refractivity contribution >= 4 is 49.6 Å². The SMILES string of the molecule is c1ccc(-c2cccc(-c3ccccc3N(c3ccc4c(c3)C(c3ccccc3)(c3ccccc3)c3ccccc3-4)c3ccc4cc(-c5ccc6c(c5)C5(c7ccccc7-6)c6ccccc6-n6c7ccccc7c7cccc5c76)ccc4c3)c2)cc1. The summed E-state index contributed by atoms with van der Waals surface area (Å²) in [6.45, 7) is 0. The summed E-state index contributed by atoms with van der Waals surface area (Å²) in [5, 5.41) is 4.92. The third-order valence-corrected chi connectivity index (χ3v) is 19.2. The number of nitrogens with zero attached hydrogens (tertiary/aromatic N) is 2. The normalized spacial score (nSPS) is 14.7. The molecule has 0 saturated heterocycles. The molecule has 0 saturated carbocycles. The van der Waals surface area contributed by atoms with Crippen LogP contribution in [0.25, 0.3) is 93.9 Å². The molecule has 18 rings (SSSR count). The predicted molar refractivity (Wildman–Crippen MR) is 357 cm³/mol. The standard InChI is InChI=1S/C84H54N2/c1-4-22-55(23-5-1)56-24-20-25-61(51-56)66-30-12-17-39-79(66)85(65-47-49-70-67-31-10-14-35-73(67)83(78(70)54-65,62-26-6-2-7-27-62)63-28-8-3-9-29-63)64-46-44-58-50-57(42-43-59(58)52-64)60-45-48-69-68-32-11-15-36-74(68)84(77(69)53-60)75-37-16-19-41-81(75)86-80-40-18-13-33-71(80)72-34-21-38-76(84)82(72)86/h1-54H. The van der Waals surface area contributed by atoms with Gasteiger partial charge in [-0.3, -0.25) is 0 Å². The van der Waals surface area contributed by atoms with Crippen molar-refractivity contribution in [3.05, 3.63) is 372 Å². The molecule has 2 nitrogen and oxygen atoms in total. The molecule has 0 fully saturated rings. The van der Waals surface area contributed by atoms with Gasteiger partial charge >= 0.3 is 0 Å². The van der Waals surface area contributed by atoms with Gasteiger partial charge in [0.05, 0.1) is 33.2 Å². The topological polar surface area (TPSA) is 8.17 Å². The Kier molecular flexibility index (Phi) is 10.6. The lowest BCUT2D eigenvalue weighted by molar-refractivity contribution is 0.749. The van der Waals surface area contributed by atoms with Crippen molar-refractivity contribution < 1.29 is 0 Å². The van der Waals surface area contributed by atoms with E-state index in [4.69, 9.17) is 0 Å². The second-order valence-electron chi connectivity index (χ2n) is 23.4. The van der Waals surface area contributed by atoms with Crippen molar-refractivity contribution in [1.82, 2.24) is 4.57 Å². The van der Waals surface area contributed by atoms with Crippen LogP contribution in [-0.4, -0.2) is 4.57 Å². The molecular weight excluding hydrogens is 1040 g/mol. The van der Waals surface area contributed by atoms with E-state index in [1.54, 1.807) is 0 Å². The van der Waals surface area contributed by atoms with E-state index in [1.807, 2.05) is 0 Å². The fraction of sp³-hybridized carbons (Fsp3) is 0.0238. The minimum atomic E-state index is -0.562. The van der Waals surface area contributed by atoms with E-state index in [1.165, 1.54) is 127 Å². The highest BCUT2D eigenvalue weighted by Gasteiger charge is 2.51. The van der Waals surface area contributed by atoms with Gasteiger partial charge in [-0.05, 0) is 166 Å². The molecule has 2 heterocycles. The number of anilines is 3. The number of benzene rings is 14. The Hall–Kier alpha value is -11.1. The fourth-order valence-corrected chi connectivity index (χ4v) is 15.7. The first-order chi connectivity index (χ1) is 42.7. The van der Waals surface area contributed by atoms with Crippen molar-refractivity contribution in [3.63, 3.8) is 0 Å². The van der Waals surface area contributed by atoms with E-state index in [2.05, 4.69) is 337 Å². The molecule has 0 bridgehead atoms. The molecule has 0 amide bonds. The van der Waals surface area contributed by atoms with Crippen LogP contribution in [0.4, 0.5) is 17.1 Å². The average molecular weight is 1090 g/mol. The highest BCUT2D eigenvalue weighted by Crippen LogP contribution is 2.62. The van der Waals surface area contributed by atoms with Crippen LogP contribution in [0.1, 0.15) is 44.5 Å². The first kappa shape index (κ1) is 48.5. The van der Waals surface area contributed by atoms with Crippen molar-refractivity contribution in [1.29, 1.82) is 0 Å². The zero-order valence-electron chi connectivity index (χ0n) is 47.1. The molecule has 1 spiro atoms. The molecule has 3 aliphatic rings. The van der Waals surface area contributed by atoms with Crippen LogP contribution in [0.2, 0.25) is 0 Å². The van der Waals surface area contributed by atoms with E-state index in [9.17, 15) is 0 Å². The maximum atomic E-state index is 2.53. The number of rotatable bonds is 8. The predicted octanol–water partition coefficient (Wildman–Crippen LogP) is 21.4. The second-order valence-corrected chi connectivity index (χ2v) is 23.4. The Balaban J connectivity index is 0.815. The minimum Gasteiger partial charge on any atom is -0.310 e. The summed E-state index contributed by atoms with van der Waals surface area (Å²) < 4.78 is 2.53. The summed E-state index contributed by atoms with van der Waals surface area (Å²) in [4.78, 5) is 2.50. The van der Waals surface area contributed by atoms with E-state index in [-0.39, 0.29) is 0 Å². The summed E-state index contributed by atoms with van der Waals surface area (Å²) in [5.74, 6) is 0. The third-order valence-electron chi connectivity index (χ3n) is 19.2. The third kappa shape index (κ3) is 6.78. The van der Waals surface area contributed by atoms with Gasteiger partial charge < -0.3 is 9.47 Å². The average Bonchev–Trinajstić information content (AvgIpc) is 1.50. The Morgan fingerprint density at radius 3 is 1.52 bits per heavy atom. The Labute approximate surface area is 500 Å². The molecule has 1 aromatic heterocycles. The molecule has 0 N–H and O–H groups in total. The molecule has 400 valence electrons. The summed E-state index contributed by atoms with van der Waals surface area (Å²) in [5.41, 5.74) is 28.5. The molecular formula is C84H54N2. The number of hydrogen-bond acceptors (Lipinski definition) is 1. The summed E-state index contributed by atoms with van der Waals surface area (Å²) in [7, 11) is 0. The van der Waals surface area contributed by atoms with E-state index in [0.29, 0.717) is 0 Å². The lowest BCUT2D eigenvalue weighted by Gasteiger charge is -2.39. The zero-order valence-corrected chi connectivity index (χ0v) is 47.1. The van der Waals surface area contributed by atoms with Crippen LogP contribution >= 0.6 is 0 Å². The van der Waals surface area contributed by atoms with Crippen molar-refractivity contribution in [3.8, 4) is 61.3 Å². The van der Waals surface area contributed by atoms with Crippen molar-refractivity contribution in [2.75, 3.05) is 4.90 Å². The van der Waals surface area contributed by atoms with Crippen LogP contribution < -0.4 is 4.90 Å². The van der Waals surface area contributed by atoms with Crippen LogP contribution in [0.5, 0.6) is 0 Å². The summed E-state index contributed by atoms with van der Waals surface area (Å²) >= 11 is 0. The molecule has 15 aromatic rings. The quantitative estimate of drug-likeness (QED) is 0.147.